The first-order valence-corrected chi connectivity index (χ1v) is 14.7. The Hall–Kier alpha value is -3.09. The first-order chi connectivity index (χ1) is 18.6. The second-order valence-corrected chi connectivity index (χ2v) is 12.0. The SMILES string of the molecule is COc1ccc(S(=O)(=O)Nc2cccc(C(=O)N(CCCN(C)C)c3nc4c(OC)ccc(Cl)c4s3)c2)cc1.Cl. The highest BCUT2D eigenvalue weighted by Gasteiger charge is 2.24. The van der Waals surface area contributed by atoms with Crippen LogP contribution in [0.5, 0.6) is 11.5 Å². The van der Waals surface area contributed by atoms with E-state index in [1.807, 2.05) is 19.0 Å². The van der Waals surface area contributed by atoms with Gasteiger partial charge in [0, 0.05) is 17.8 Å². The Kier molecular flexibility index (Phi) is 10.6. The Morgan fingerprint density at radius 1 is 1.02 bits per heavy atom. The molecule has 0 saturated heterocycles. The summed E-state index contributed by atoms with van der Waals surface area (Å²) in [4.78, 5) is 22.2. The zero-order valence-corrected chi connectivity index (χ0v) is 25.6. The van der Waals surface area contributed by atoms with Crippen LogP contribution in [0.4, 0.5) is 10.8 Å². The Labute approximate surface area is 249 Å². The normalized spacial score (nSPS) is 11.2. The van der Waals surface area contributed by atoms with Gasteiger partial charge in [-0.2, -0.15) is 0 Å². The number of carbonyl (C=O) groups is 1. The van der Waals surface area contributed by atoms with E-state index in [1.165, 1.54) is 36.6 Å². The van der Waals surface area contributed by atoms with Crippen LogP contribution in [0.15, 0.2) is 65.6 Å². The van der Waals surface area contributed by atoms with Crippen molar-refractivity contribution in [2.75, 3.05) is 51.0 Å². The zero-order chi connectivity index (χ0) is 28.2. The first kappa shape index (κ1) is 31.4. The number of anilines is 2. The molecule has 0 spiro atoms. The summed E-state index contributed by atoms with van der Waals surface area (Å²) in [6.07, 6.45) is 0.698. The van der Waals surface area contributed by atoms with Crippen molar-refractivity contribution in [3.8, 4) is 11.5 Å². The molecule has 0 fully saturated rings. The van der Waals surface area contributed by atoms with Crippen molar-refractivity contribution in [2.24, 2.45) is 0 Å². The number of thiazole rings is 1. The molecule has 40 heavy (non-hydrogen) atoms. The predicted molar refractivity (Wildman–Crippen MR) is 164 cm³/mol. The maximum atomic E-state index is 13.8. The minimum Gasteiger partial charge on any atom is -0.497 e. The number of nitrogens with one attached hydrogen (secondary N) is 1. The summed E-state index contributed by atoms with van der Waals surface area (Å²) < 4.78 is 39.7. The molecule has 3 aromatic carbocycles. The summed E-state index contributed by atoms with van der Waals surface area (Å²) in [7, 11) is 3.11. The highest BCUT2D eigenvalue weighted by molar-refractivity contribution is 7.92. The third-order valence-corrected chi connectivity index (χ3v) is 8.80. The lowest BCUT2D eigenvalue weighted by atomic mass is 10.1. The number of methoxy groups -OCH3 is 2. The van der Waals surface area contributed by atoms with Gasteiger partial charge in [-0.05, 0) is 81.7 Å². The number of rotatable bonds is 11. The van der Waals surface area contributed by atoms with Crippen LogP contribution in [-0.4, -0.2) is 65.6 Å². The Balaban J connectivity index is 0.00000441. The largest absolute Gasteiger partial charge is 0.497 e. The van der Waals surface area contributed by atoms with Crippen molar-refractivity contribution in [3.05, 3.63) is 71.2 Å². The molecule has 0 unspecified atom stereocenters. The molecule has 0 saturated carbocycles. The molecule has 1 heterocycles. The number of benzene rings is 3. The zero-order valence-electron chi connectivity index (χ0n) is 22.4. The van der Waals surface area contributed by atoms with Gasteiger partial charge in [0.2, 0.25) is 0 Å². The van der Waals surface area contributed by atoms with E-state index in [0.717, 1.165) is 11.2 Å². The van der Waals surface area contributed by atoms with Crippen molar-refractivity contribution in [2.45, 2.75) is 11.3 Å². The maximum absolute atomic E-state index is 13.8. The van der Waals surface area contributed by atoms with Crippen molar-refractivity contribution < 1.29 is 22.7 Å². The Bertz CT molecular complexity index is 1580. The molecule has 0 radical (unpaired) electrons. The average molecular weight is 626 g/mol. The summed E-state index contributed by atoms with van der Waals surface area (Å²) in [5.74, 6) is 0.797. The minimum absolute atomic E-state index is 0. The van der Waals surface area contributed by atoms with Gasteiger partial charge in [0.1, 0.15) is 17.0 Å². The molecule has 1 N–H and O–H groups in total. The van der Waals surface area contributed by atoms with Crippen LogP contribution in [0.3, 0.4) is 0 Å². The lowest BCUT2D eigenvalue weighted by molar-refractivity contribution is 0.0986. The number of sulfonamides is 1. The van der Waals surface area contributed by atoms with Gasteiger partial charge in [-0.1, -0.05) is 29.0 Å². The van der Waals surface area contributed by atoms with Crippen LogP contribution >= 0.6 is 35.3 Å². The molecule has 0 bridgehead atoms. The van der Waals surface area contributed by atoms with E-state index in [9.17, 15) is 13.2 Å². The number of nitrogens with zero attached hydrogens (tertiary/aromatic N) is 3. The van der Waals surface area contributed by atoms with E-state index >= 15 is 0 Å². The Morgan fingerprint density at radius 2 is 1.75 bits per heavy atom. The second-order valence-electron chi connectivity index (χ2n) is 8.90. The molecule has 1 aromatic heterocycles. The smallest absolute Gasteiger partial charge is 0.261 e. The molecule has 1 amide bonds. The van der Waals surface area contributed by atoms with Crippen LogP contribution in [0.1, 0.15) is 16.8 Å². The van der Waals surface area contributed by atoms with Crippen LogP contribution < -0.4 is 19.1 Å². The number of hydrogen-bond acceptors (Lipinski definition) is 8. The summed E-state index contributed by atoms with van der Waals surface area (Å²) in [6.45, 7) is 1.17. The maximum Gasteiger partial charge on any atom is 0.261 e. The molecule has 4 aromatic rings. The average Bonchev–Trinajstić information content (AvgIpc) is 3.37. The van der Waals surface area contributed by atoms with Gasteiger partial charge >= 0.3 is 0 Å². The van der Waals surface area contributed by atoms with Gasteiger partial charge in [-0.3, -0.25) is 14.4 Å². The van der Waals surface area contributed by atoms with Gasteiger partial charge in [-0.25, -0.2) is 13.4 Å². The van der Waals surface area contributed by atoms with E-state index in [0.29, 0.717) is 45.7 Å². The van der Waals surface area contributed by atoms with Gasteiger partial charge in [-0.15, -0.1) is 12.4 Å². The highest BCUT2D eigenvalue weighted by atomic mass is 35.5. The molecule has 13 heteroatoms. The molecule has 9 nitrogen and oxygen atoms in total. The van der Waals surface area contributed by atoms with Crippen LogP contribution in [-0.2, 0) is 10.0 Å². The standard InChI is InChI=1S/C27H29ClN4O5S2.ClH/c1-31(2)15-6-16-32(27-29-24-23(37-4)14-13-22(28)25(24)38-27)26(33)18-7-5-8-19(17-18)30-39(34,35)21-11-9-20(36-3)10-12-21;/h5,7-14,17,30H,6,15-16H2,1-4H3;1H. The molecule has 0 aliphatic carbocycles. The summed E-state index contributed by atoms with van der Waals surface area (Å²) in [6, 6.07) is 15.9. The number of fused-ring (bicyclic) bond motifs is 1. The molecule has 0 atom stereocenters. The number of carbonyl (C=O) groups excluding carboxylic acids is 1. The highest BCUT2D eigenvalue weighted by Crippen LogP contribution is 2.39. The molecule has 4 rings (SSSR count). The van der Waals surface area contributed by atoms with Crippen LogP contribution in [0, 0.1) is 0 Å². The third-order valence-electron chi connectivity index (χ3n) is 5.86. The fraction of sp³-hybridized carbons (Fsp3) is 0.259. The van der Waals surface area contributed by atoms with Crippen molar-refractivity contribution >= 4 is 72.3 Å². The number of halogens is 2. The Morgan fingerprint density at radius 3 is 2.40 bits per heavy atom. The number of amides is 1. The van der Waals surface area contributed by atoms with E-state index < -0.39 is 10.0 Å². The van der Waals surface area contributed by atoms with Crippen molar-refractivity contribution in [3.63, 3.8) is 0 Å². The van der Waals surface area contributed by atoms with Gasteiger partial charge in [0.25, 0.3) is 15.9 Å². The minimum atomic E-state index is -3.88. The van der Waals surface area contributed by atoms with E-state index in [2.05, 4.69) is 4.72 Å². The quantitative estimate of drug-likeness (QED) is 0.225. The molecular weight excluding hydrogens is 595 g/mol. The molecular formula is C27H30Cl2N4O5S2. The van der Waals surface area contributed by atoms with Crippen LogP contribution in [0.25, 0.3) is 10.2 Å². The molecule has 0 aliphatic heterocycles. The van der Waals surface area contributed by atoms with Gasteiger partial charge < -0.3 is 14.4 Å². The fourth-order valence-corrected chi connectivity index (χ4v) is 6.22. The number of aromatic nitrogens is 1. The topological polar surface area (TPSA) is 101 Å². The lowest BCUT2D eigenvalue weighted by Crippen LogP contribution is -2.33. The third kappa shape index (κ3) is 7.15. The van der Waals surface area contributed by atoms with Crippen molar-refractivity contribution in [1.29, 1.82) is 0 Å². The van der Waals surface area contributed by atoms with E-state index in [1.54, 1.807) is 54.5 Å². The summed E-state index contributed by atoms with van der Waals surface area (Å²) >= 11 is 7.73. The lowest BCUT2D eigenvalue weighted by Gasteiger charge is -2.21. The first-order valence-electron chi connectivity index (χ1n) is 12.0. The number of ether oxygens (including phenoxy) is 2. The molecule has 214 valence electrons. The van der Waals surface area contributed by atoms with Gasteiger partial charge in [0.05, 0.1) is 28.8 Å². The summed E-state index contributed by atoms with van der Waals surface area (Å²) in [5.41, 5.74) is 1.16. The fourth-order valence-electron chi connectivity index (χ4n) is 3.89. The van der Waals surface area contributed by atoms with E-state index in [4.69, 9.17) is 26.1 Å². The second kappa shape index (κ2) is 13.5. The van der Waals surface area contributed by atoms with Gasteiger partial charge in [0.15, 0.2) is 5.13 Å². The van der Waals surface area contributed by atoms with Crippen LogP contribution in [0.2, 0.25) is 5.02 Å². The monoisotopic (exact) mass is 624 g/mol. The number of hydrogen-bond donors (Lipinski definition) is 1. The summed E-state index contributed by atoms with van der Waals surface area (Å²) in [5, 5.41) is 0.995. The van der Waals surface area contributed by atoms with E-state index in [-0.39, 0.29) is 28.9 Å². The molecule has 0 aliphatic rings. The predicted octanol–water partition coefficient (Wildman–Crippen LogP) is 5.79. The van der Waals surface area contributed by atoms with Crippen molar-refractivity contribution in [1.82, 2.24) is 9.88 Å².